The molecule has 27 heavy (non-hydrogen) atoms. The standard InChI is InChI=1S/C18H20ClFN2O4S/c1-4-26-15-8-6-14(7-9-15)22(27(3,24)25)12(2)18(23)21-13-5-10-17(20)16(19)11-13/h5-12H,4H2,1-3H3,(H,21,23)/t12-/m1/s1. The van der Waals surface area contributed by atoms with Crippen LogP contribution in [0.5, 0.6) is 5.75 Å². The molecule has 0 aliphatic rings. The van der Waals surface area contributed by atoms with Gasteiger partial charge in [-0.1, -0.05) is 11.6 Å². The van der Waals surface area contributed by atoms with Gasteiger partial charge in [0.25, 0.3) is 0 Å². The van der Waals surface area contributed by atoms with Crippen LogP contribution in [0.15, 0.2) is 42.5 Å². The van der Waals surface area contributed by atoms with Crippen molar-refractivity contribution in [3.8, 4) is 5.75 Å². The largest absolute Gasteiger partial charge is 0.494 e. The molecular weight excluding hydrogens is 395 g/mol. The molecule has 2 rings (SSSR count). The molecule has 6 nitrogen and oxygen atoms in total. The molecule has 0 aromatic heterocycles. The van der Waals surface area contributed by atoms with Crippen LogP contribution in [0.4, 0.5) is 15.8 Å². The zero-order valence-electron chi connectivity index (χ0n) is 15.1. The number of carbonyl (C=O) groups is 1. The second kappa shape index (κ2) is 8.58. The second-order valence-electron chi connectivity index (χ2n) is 5.78. The third-order valence-electron chi connectivity index (χ3n) is 3.68. The van der Waals surface area contributed by atoms with Crippen molar-refractivity contribution in [2.24, 2.45) is 0 Å². The molecule has 2 aromatic carbocycles. The molecule has 0 spiro atoms. The van der Waals surface area contributed by atoms with Crippen LogP contribution in [0.3, 0.4) is 0 Å². The van der Waals surface area contributed by atoms with Gasteiger partial charge in [0.05, 0.1) is 23.6 Å². The van der Waals surface area contributed by atoms with Crippen molar-refractivity contribution in [3.05, 3.63) is 53.3 Å². The van der Waals surface area contributed by atoms with Gasteiger partial charge in [0.2, 0.25) is 15.9 Å². The van der Waals surface area contributed by atoms with E-state index in [2.05, 4.69) is 5.32 Å². The summed E-state index contributed by atoms with van der Waals surface area (Å²) in [5.41, 5.74) is 0.583. The monoisotopic (exact) mass is 414 g/mol. The van der Waals surface area contributed by atoms with Crippen molar-refractivity contribution in [2.75, 3.05) is 22.5 Å². The number of benzene rings is 2. The molecule has 0 heterocycles. The normalized spacial score (nSPS) is 12.3. The molecule has 1 N–H and O–H groups in total. The minimum atomic E-state index is -3.75. The van der Waals surface area contributed by atoms with Crippen molar-refractivity contribution in [1.29, 1.82) is 0 Å². The SMILES string of the molecule is CCOc1ccc(N([C@H](C)C(=O)Nc2ccc(F)c(Cl)c2)S(C)(=O)=O)cc1. The molecule has 0 aliphatic heterocycles. The molecule has 0 saturated carbocycles. The fraction of sp³-hybridized carbons (Fsp3) is 0.278. The fourth-order valence-electron chi connectivity index (χ4n) is 2.49. The van der Waals surface area contributed by atoms with Gasteiger partial charge in [-0.25, -0.2) is 12.8 Å². The predicted molar refractivity (Wildman–Crippen MR) is 104 cm³/mol. The average Bonchev–Trinajstić information content (AvgIpc) is 2.59. The second-order valence-corrected chi connectivity index (χ2v) is 8.05. The third kappa shape index (κ3) is 5.33. The van der Waals surface area contributed by atoms with Crippen LogP contribution in [0.1, 0.15) is 13.8 Å². The van der Waals surface area contributed by atoms with Gasteiger partial charge in [-0.2, -0.15) is 0 Å². The number of amides is 1. The first-order valence-corrected chi connectivity index (χ1v) is 10.3. The lowest BCUT2D eigenvalue weighted by Gasteiger charge is -2.28. The van der Waals surface area contributed by atoms with Crippen LogP contribution in [-0.2, 0) is 14.8 Å². The number of anilines is 2. The van der Waals surface area contributed by atoms with Crippen LogP contribution < -0.4 is 14.4 Å². The number of ether oxygens (including phenoxy) is 1. The van der Waals surface area contributed by atoms with Crippen LogP contribution in [0, 0.1) is 5.82 Å². The first-order chi connectivity index (χ1) is 12.6. The lowest BCUT2D eigenvalue weighted by Crippen LogP contribution is -2.45. The van der Waals surface area contributed by atoms with Gasteiger partial charge < -0.3 is 10.1 Å². The van der Waals surface area contributed by atoms with Gasteiger partial charge in [-0.3, -0.25) is 9.10 Å². The zero-order valence-corrected chi connectivity index (χ0v) is 16.6. The number of halogens is 2. The number of carbonyl (C=O) groups excluding carboxylic acids is 1. The van der Waals surface area contributed by atoms with Crippen molar-refractivity contribution in [2.45, 2.75) is 19.9 Å². The van der Waals surface area contributed by atoms with Gasteiger partial charge in [0.15, 0.2) is 0 Å². The highest BCUT2D eigenvalue weighted by atomic mass is 35.5. The highest BCUT2D eigenvalue weighted by Gasteiger charge is 2.29. The Labute approximate surface area is 162 Å². The van der Waals surface area contributed by atoms with Gasteiger partial charge in [0, 0.05) is 5.69 Å². The van der Waals surface area contributed by atoms with Crippen molar-refractivity contribution in [3.63, 3.8) is 0 Å². The Morgan fingerprint density at radius 1 is 1.26 bits per heavy atom. The first-order valence-electron chi connectivity index (χ1n) is 8.11. The number of sulfonamides is 1. The molecule has 9 heteroatoms. The molecular formula is C18H20ClFN2O4S. The van der Waals surface area contributed by atoms with E-state index in [0.717, 1.165) is 16.6 Å². The lowest BCUT2D eigenvalue weighted by molar-refractivity contribution is -0.116. The molecule has 0 fully saturated rings. The molecule has 146 valence electrons. The molecule has 0 saturated heterocycles. The van der Waals surface area contributed by atoms with Crippen LogP contribution >= 0.6 is 11.6 Å². The summed E-state index contributed by atoms with van der Waals surface area (Å²) in [5.74, 6) is -0.611. The summed E-state index contributed by atoms with van der Waals surface area (Å²) in [7, 11) is -3.75. The maximum absolute atomic E-state index is 13.2. The van der Waals surface area contributed by atoms with Gasteiger partial charge in [-0.15, -0.1) is 0 Å². The Kier molecular flexibility index (Phi) is 6.67. The molecule has 0 unspecified atom stereocenters. The molecule has 0 radical (unpaired) electrons. The lowest BCUT2D eigenvalue weighted by atomic mass is 10.2. The van der Waals surface area contributed by atoms with Gasteiger partial charge in [0.1, 0.15) is 17.6 Å². The Morgan fingerprint density at radius 3 is 2.41 bits per heavy atom. The van der Waals surface area contributed by atoms with E-state index in [4.69, 9.17) is 16.3 Å². The maximum atomic E-state index is 13.2. The number of nitrogens with zero attached hydrogens (tertiary/aromatic N) is 1. The van der Waals surface area contributed by atoms with Crippen molar-refractivity contribution < 1.29 is 22.3 Å². The van der Waals surface area contributed by atoms with E-state index >= 15 is 0 Å². The van der Waals surface area contributed by atoms with Crippen molar-refractivity contribution in [1.82, 2.24) is 0 Å². The highest BCUT2D eigenvalue weighted by Crippen LogP contribution is 2.25. The van der Waals surface area contributed by atoms with E-state index in [1.54, 1.807) is 24.3 Å². The first kappa shape index (κ1) is 21.0. The predicted octanol–water partition coefficient (Wildman–Crippen LogP) is 3.67. The number of hydrogen-bond donors (Lipinski definition) is 1. The molecule has 2 aromatic rings. The quantitative estimate of drug-likeness (QED) is 0.750. The summed E-state index contributed by atoms with van der Waals surface area (Å²) in [6, 6.07) is 9.03. The average molecular weight is 415 g/mol. The Hall–Kier alpha value is -2.32. The summed E-state index contributed by atoms with van der Waals surface area (Å²) in [6.45, 7) is 3.77. The number of rotatable bonds is 7. The van der Waals surface area contributed by atoms with Gasteiger partial charge in [-0.05, 0) is 56.3 Å². The van der Waals surface area contributed by atoms with Crippen molar-refractivity contribution >= 4 is 38.9 Å². The number of hydrogen-bond acceptors (Lipinski definition) is 4. The molecule has 0 aliphatic carbocycles. The minimum Gasteiger partial charge on any atom is -0.494 e. The zero-order chi connectivity index (χ0) is 20.2. The van der Waals surface area contributed by atoms with E-state index < -0.39 is 27.8 Å². The summed E-state index contributed by atoms with van der Waals surface area (Å²) in [4.78, 5) is 12.6. The topological polar surface area (TPSA) is 75.7 Å². The Balaban J connectivity index is 2.27. The molecule has 1 amide bonds. The van der Waals surface area contributed by atoms with Crippen LogP contribution in [-0.4, -0.2) is 33.2 Å². The Bertz CT molecular complexity index is 919. The third-order valence-corrected chi connectivity index (χ3v) is 5.21. The van der Waals surface area contributed by atoms with E-state index in [1.807, 2.05) is 6.92 Å². The van der Waals surface area contributed by atoms with E-state index in [9.17, 15) is 17.6 Å². The highest BCUT2D eigenvalue weighted by molar-refractivity contribution is 7.92. The Morgan fingerprint density at radius 2 is 1.89 bits per heavy atom. The van der Waals surface area contributed by atoms with E-state index in [-0.39, 0.29) is 10.7 Å². The minimum absolute atomic E-state index is 0.146. The smallest absolute Gasteiger partial charge is 0.247 e. The molecule has 0 bridgehead atoms. The molecule has 1 atom stereocenters. The summed E-state index contributed by atoms with van der Waals surface area (Å²) in [5, 5.41) is 2.40. The van der Waals surface area contributed by atoms with E-state index in [1.165, 1.54) is 19.1 Å². The van der Waals surface area contributed by atoms with Crippen LogP contribution in [0.2, 0.25) is 5.02 Å². The number of nitrogens with one attached hydrogen (secondary N) is 1. The summed E-state index contributed by atoms with van der Waals surface area (Å²) >= 11 is 5.70. The van der Waals surface area contributed by atoms with Crippen LogP contribution in [0.25, 0.3) is 0 Å². The van der Waals surface area contributed by atoms with Gasteiger partial charge >= 0.3 is 0 Å². The maximum Gasteiger partial charge on any atom is 0.247 e. The fourth-order valence-corrected chi connectivity index (χ4v) is 3.84. The van der Waals surface area contributed by atoms with E-state index in [0.29, 0.717) is 18.0 Å². The summed E-state index contributed by atoms with van der Waals surface area (Å²) < 4.78 is 44.2. The summed E-state index contributed by atoms with van der Waals surface area (Å²) in [6.07, 6.45) is 1.02.